The summed E-state index contributed by atoms with van der Waals surface area (Å²) in [4.78, 5) is 0. The van der Waals surface area contributed by atoms with E-state index in [9.17, 15) is 13.2 Å². The smallest absolute Gasteiger partial charge is 0.405 e. The normalized spacial score (nSPS) is 37.1. The van der Waals surface area contributed by atoms with Gasteiger partial charge < -0.3 is 9.31 Å². The minimum atomic E-state index is -4.30. The Labute approximate surface area is 140 Å². The van der Waals surface area contributed by atoms with E-state index >= 15 is 0 Å². The summed E-state index contributed by atoms with van der Waals surface area (Å²) in [6.07, 6.45) is -1.50. The molecule has 0 amide bonds. The fourth-order valence-electron chi connectivity index (χ4n) is 5.06. The molecule has 6 heteroatoms. The quantitative estimate of drug-likeness (QED) is 0.739. The van der Waals surface area contributed by atoms with Gasteiger partial charge in [0, 0.05) is 6.32 Å². The van der Waals surface area contributed by atoms with Crippen molar-refractivity contribution in [3.63, 3.8) is 0 Å². The van der Waals surface area contributed by atoms with Crippen molar-refractivity contribution < 1.29 is 22.5 Å². The molecule has 2 nitrogen and oxygen atoms in total. The van der Waals surface area contributed by atoms with Crippen molar-refractivity contribution in [3.05, 3.63) is 35.4 Å². The van der Waals surface area contributed by atoms with Crippen molar-refractivity contribution in [2.75, 3.05) is 0 Å². The Kier molecular flexibility index (Phi) is 3.44. The van der Waals surface area contributed by atoms with Gasteiger partial charge in [0.15, 0.2) is 0 Å². The highest BCUT2D eigenvalue weighted by Gasteiger charge is 2.67. The molecule has 0 N–H and O–H groups in total. The minimum Gasteiger partial charge on any atom is -0.405 e. The van der Waals surface area contributed by atoms with E-state index in [1.54, 1.807) is 0 Å². The molecule has 4 aliphatic rings. The van der Waals surface area contributed by atoms with E-state index in [2.05, 4.69) is 20.8 Å². The second-order valence-corrected chi connectivity index (χ2v) is 8.30. The van der Waals surface area contributed by atoms with Crippen LogP contribution in [0.3, 0.4) is 0 Å². The number of hydrogen-bond donors (Lipinski definition) is 0. The number of benzene rings is 1. The fraction of sp³-hybridized carbons (Fsp3) is 0.667. The van der Waals surface area contributed by atoms with E-state index in [-0.39, 0.29) is 24.2 Å². The SMILES string of the molecule is CC1(C)[C@H]2C[C@H]1[C@]1(C)OB(Cc3ccc(C(F)(F)F)cc3)O[C@@H]1C2. The van der Waals surface area contributed by atoms with Crippen LogP contribution < -0.4 is 0 Å². The monoisotopic (exact) mass is 338 g/mol. The Morgan fingerprint density at radius 1 is 1.12 bits per heavy atom. The van der Waals surface area contributed by atoms with Crippen LogP contribution in [0.15, 0.2) is 24.3 Å². The van der Waals surface area contributed by atoms with E-state index in [1.165, 1.54) is 18.6 Å². The van der Waals surface area contributed by atoms with Gasteiger partial charge >= 0.3 is 13.3 Å². The zero-order chi connectivity index (χ0) is 17.3. The lowest BCUT2D eigenvalue weighted by molar-refractivity contribution is -0.199. The lowest BCUT2D eigenvalue weighted by Gasteiger charge is -2.64. The predicted octanol–water partition coefficient (Wildman–Crippen LogP) is 4.52. The first-order chi connectivity index (χ1) is 11.1. The molecule has 1 aromatic carbocycles. The van der Waals surface area contributed by atoms with Crippen LogP contribution >= 0.6 is 0 Å². The van der Waals surface area contributed by atoms with Crippen molar-refractivity contribution in [1.82, 2.24) is 0 Å². The first-order valence-electron chi connectivity index (χ1n) is 8.60. The molecule has 0 spiro atoms. The van der Waals surface area contributed by atoms with E-state index < -0.39 is 11.7 Å². The van der Waals surface area contributed by atoms with Crippen molar-refractivity contribution >= 4 is 7.12 Å². The zero-order valence-corrected chi connectivity index (χ0v) is 14.2. The van der Waals surface area contributed by atoms with Gasteiger partial charge in [-0.1, -0.05) is 26.0 Å². The number of hydrogen-bond acceptors (Lipinski definition) is 2. The Morgan fingerprint density at radius 2 is 1.79 bits per heavy atom. The second kappa shape index (κ2) is 5.01. The molecule has 130 valence electrons. The van der Waals surface area contributed by atoms with Crippen LogP contribution in [0.4, 0.5) is 13.2 Å². The first-order valence-corrected chi connectivity index (χ1v) is 8.60. The minimum absolute atomic E-state index is 0.105. The summed E-state index contributed by atoms with van der Waals surface area (Å²) >= 11 is 0. The van der Waals surface area contributed by atoms with E-state index in [1.807, 2.05) is 0 Å². The Bertz CT molecular complexity index is 643. The molecule has 0 unspecified atom stereocenters. The van der Waals surface area contributed by atoms with Gasteiger partial charge in [-0.05, 0) is 54.7 Å². The maximum atomic E-state index is 12.6. The zero-order valence-electron chi connectivity index (χ0n) is 14.2. The summed E-state index contributed by atoms with van der Waals surface area (Å²) in [5, 5.41) is 0. The third-order valence-electron chi connectivity index (χ3n) is 6.69. The number of halogens is 3. The summed E-state index contributed by atoms with van der Waals surface area (Å²) in [7, 11) is -0.369. The van der Waals surface area contributed by atoms with Crippen LogP contribution in [-0.4, -0.2) is 18.8 Å². The lowest BCUT2D eigenvalue weighted by Crippen LogP contribution is -2.65. The number of rotatable bonds is 2. The van der Waals surface area contributed by atoms with Gasteiger partial charge in [-0.2, -0.15) is 13.2 Å². The standard InChI is InChI=1S/C18H22BF3O2/c1-16(2)13-8-14(16)17(3)15(9-13)23-19(24-17)10-11-4-6-12(7-5-11)18(20,21)22/h4-7,13-15H,8-10H2,1-3H3/t13-,14+,15+,17-/m0/s1. The highest BCUT2D eigenvalue weighted by Crippen LogP contribution is 2.65. The van der Waals surface area contributed by atoms with Crippen molar-refractivity contribution in [1.29, 1.82) is 0 Å². The molecular weight excluding hydrogens is 316 g/mol. The molecule has 4 atom stereocenters. The lowest BCUT2D eigenvalue weighted by atomic mass is 9.43. The van der Waals surface area contributed by atoms with Crippen LogP contribution in [0.25, 0.3) is 0 Å². The molecule has 24 heavy (non-hydrogen) atoms. The van der Waals surface area contributed by atoms with Crippen molar-refractivity contribution in [2.45, 2.75) is 57.8 Å². The maximum absolute atomic E-state index is 12.6. The van der Waals surface area contributed by atoms with E-state index in [0.717, 1.165) is 24.1 Å². The molecule has 3 aliphatic carbocycles. The van der Waals surface area contributed by atoms with Gasteiger partial charge in [0.25, 0.3) is 0 Å². The summed E-state index contributed by atoms with van der Waals surface area (Å²) in [6, 6.07) is 5.28. The molecule has 1 aliphatic heterocycles. The average molecular weight is 338 g/mol. The summed E-state index contributed by atoms with van der Waals surface area (Å²) < 4.78 is 50.4. The topological polar surface area (TPSA) is 18.5 Å². The van der Waals surface area contributed by atoms with Gasteiger partial charge in [0.2, 0.25) is 0 Å². The van der Waals surface area contributed by atoms with Crippen LogP contribution in [0.5, 0.6) is 0 Å². The van der Waals surface area contributed by atoms with Gasteiger partial charge in [0.1, 0.15) is 0 Å². The Balaban J connectivity index is 1.46. The van der Waals surface area contributed by atoms with Crippen LogP contribution in [-0.2, 0) is 21.8 Å². The van der Waals surface area contributed by atoms with E-state index in [0.29, 0.717) is 18.2 Å². The predicted molar refractivity (Wildman–Crippen MR) is 85.3 cm³/mol. The van der Waals surface area contributed by atoms with Crippen molar-refractivity contribution in [3.8, 4) is 0 Å². The van der Waals surface area contributed by atoms with Crippen LogP contribution in [0.2, 0.25) is 0 Å². The molecule has 1 aromatic rings. The van der Waals surface area contributed by atoms with Crippen molar-refractivity contribution in [2.24, 2.45) is 17.3 Å². The van der Waals surface area contributed by atoms with E-state index in [4.69, 9.17) is 9.31 Å². The third kappa shape index (κ3) is 2.33. The van der Waals surface area contributed by atoms with Crippen LogP contribution in [0, 0.1) is 17.3 Å². The molecule has 0 radical (unpaired) electrons. The van der Waals surface area contributed by atoms with Gasteiger partial charge in [-0.3, -0.25) is 0 Å². The summed E-state index contributed by atoms with van der Waals surface area (Å²) in [5.74, 6) is 1.18. The Morgan fingerprint density at radius 3 is 2.38 bits per heavy atom. The molecule has 1 heterocycles. The molecule has 4 fully saturated rings. The molecule has 2 bridgehead atoms. The summed E-state index contributed by atoms with van der Waals surface area (Å²) in [6.45, 7) is 6.76. The second-order valence-electron chi connectivity index (χ2n) is 8.30. The molecule has 0 aromatic heterocycles. The maximum Gasteiger partial charge on any atom is 0.462 e. The molecule has 3 saturated carbocycles. The largest absolute Gasteiger partial charge is 0.462 e. The third-order valence-corrected chi connectivity index (χ3v) is 6.69. The molecule has 5 rings (SSSR count). The summed E-state index contributed by atoms with van der Waals surface area (Å²) in [5.41, 5.74) is 0.205. The van der Waals surface area contributed by atoms with Crippen LogP contribution in [0.1, 0.15) is 44.7 Å². The van der Waals surface area contributed by atoms with Gasteiger partial charge in [-0.15, -0.1) is 0 Å². The Hall–Kier alpha value is -1.01. The highest BCUT2D eigenvalue weighted by molar-refractivity contribution is 6.44. The molecular formula is C18H22BF3O2. The van der Waals surface area contributed by atoms with Gasteiger partial charge in [0.05, 0.1) is 17.3 Å². The highest BCUT2D eigenvalue weighted by atomic mass is 19.4. The number of alkyl halides is 3. The average Bonchev–Trinajstić information content (AvgIpc) is 2.81. The first kappa shape index (κ1) is 16.5. The molecule has 1 saturated heterocycles. The van der Waals surface area contributed by atoms with Gasteiger partial charge in [-0.25, -0.2) is 0 Å². The fourth-order valence-corrected chi connectivity index (χ4v) is 5.06.